The Hall–Kier alpha value is -2.89. The second kappa shape index (κ2) is 5.39. The fraction of sp³-hybridized carbons (Fsp3) is 0.235. The largest absolute Gasteiger partial charge is 0.463 e. The van der Waals surface area contributed by atoms with Crippen LogP contribution in [0.1, 0.15) is 41.0 Å². The van der Waals surface area contributed by atoms with Gasteiger partial charge in [-0.1, -0.05) is 13.0 Å². The molecule has 0 aromatic carbocycles. The first-order chi connectivity index (χ1) is 11.3. The summed E-state index contributed by atoms with van der Waals surface area (Å²) in [5.41, 5.74) is 3.07. The fourth-order valence-electron chi connectivity index (χ4n) is 3.15. The van der Waals surface area contributed by atoms with Crippen LogP contribution in [-0.2, 0) is 0 Å². The Kier molecular flexibility index (Phi) is 3.22. The Morgan fingerprint density at radius 2 is 2.26 bits per heavy atom. The van der Waals surface area contributed by atoms with Crippen molar-refractivity contribution in [1.82, 2.24) is 20.1 Å². The molecular formula is C17H16N4O2. The molecule has 1 aliphatic rings. The number of aromatic amines is 1. The van der Waals surface area contributed by atoms with E-state index in [-0.39, 0.29) is 11.9 Å². The summed E-state index contributed by atoms with van der Waals surface area (Å²) in [5, 5.41) is 7.21. The lowest BCUT2D eigenvalue weighted by Gasteiger charge is -2.25. The summed E-state index contributed by atoms with van der Waals surface area (Å²) in [7, 11) is 0. The second-order valence-corrected chi connectivity index (χ2v) is 5.53. The lowest BCUT2D eigenvalue weighted by molar-refractivity contribution is 0.0743. The first-order valence-electron chi connectivity index (χ1n) is 7.64. The maximum Gasteiger partial charge on any atom is 0.275 e. The molecule has 0 fully saturated rings. The van der Waals surface area contributed by atoms with E-state index < -0.39 is 0 Å². The molecule has 116 valence electrons. The molecule has 4 rings (SSSR count). The van der Waals surface area contributed by atoms with Crippen molar-refractivity contribution in [3.63, 3.8) is 0 Å². The zero-order valence-corrected chi connectivity index (χ0v) is 12.7. The van der Waals surface area contributed by atoms with Crippen molar-refractivity contribution in [1.29, 1.82) is 0 Å². The number of aromatic nitrogens is 3. The van der Waals surface area contributed by atoms with Crippen molar-refractivity contribution in [2.75, 3.05) is 6.54 Å². The standard InChI is InChI=1S/C17H16N4O2/c1-2-8-21-16(11-5-3-7-18-10-11)13-14(12-6-4-9-23-12)19-20-15(13)17(21)22/h3-7,9-10,16H,2,8H2,1H3,(H,19,20)/t16-/m1/s1. The van der Waals surface area contributed by atoms with Crippen LogP contribution in [0.4, 0.5) is 0 Å². The summed E-state index contributed by atoms with van der Waals surface area (Å²) in [6.07, 6.45) is 6.03. The minimum Gasteiger partial charge on any atom is -0.463 e. The number of rotatable bonds is 4. The highest BCUT2D eigenvalue weighted by Gasteiger charge is 2.42. The number of nitrogens with one attached hydrogen (secondary N) is 1. The number of hydrogen-bond donors (Lipinski definition) is 1. The third kappa shape index (κ3) is 2.06. The maximum absolute atomic E-state index is 12.7. The number of pyridine rings is 1. The van der Waals surface area contributed by atoms with Gasteiger partial charge in [-0.3, -0.25) is 14.9 Å². The molecule has 6 heteroatoms. The van der Waals surface area contributed by atoms with Gasteiger partial charge >= 0.3 is 0 Å². The van der Waals surface area contributed by atoms with Crippen LogP contribution in [0.3, 0.4) is 0 Å². The van der Waals surface area contributed by atoms with Gasteiger partial charge in [0.2, 0.25) is 0 Å². The number of H-pyrrole nitrogens is 1. The van der Waals surface area contributed by atoms with Crippen molar-refractivity contribution < 1.29 is 9.21 Å². The number of nitrogens with zero attached hydrogens (tertiary/aromatic N) is 3. The van der Waals surface area contributed by atoms with Gasteiger partial charge in [0.25, 0.3) is 5.91 Å². The van der Waals surface area contributed by atoms with E-state index in [4.69, 9.17) is 4.42 Å². The Labute approximate surface area is 133 Å². The fourth-order valence-corrected chi connectivity index (χ4v) is 3.15. The third-order valence-electron chi connectivity index (χ3n) is 4.08. The van der Waals surface area contributed by atoms with Gasteiger partial charge in [-0.15, -0.1) is 0 Å². The normalized spacial score (nSPS) is 16.8. The van der Waals surface area contributed by atoms with Gasteiger partial charge in [0.05, 0.1) is 12.3 Å². The Morgan fingerprint density at radius 3 is 2.96 bits per heavy atom. The molecule has 1 N–H and O–H groups in total. The van der Waals surface area contributed by atoms with Crippen molar-refractivity contribution in [3.8, 4) is 11.5 Å². The molecule has 4 heterocycles. The maximum atomic E-state index is 12.7. The van der Waals surface area contributed by atoms with Crippen LogP contribution in [0, 0.1) is 0 Å². The minimum atomic E-state index is -0.190. The smallest absolute Gasteiger partial charge is 0.275 e. The monoisotopic (exact) mass is 308 g/mol. The number of fused-ring (bicyclic) bond motifs is 1. The Morgan fingerprint density at radius 1 is 1.35 bits per heavy atom. The van der Waals surface area contributed by atoms with Gasteiger partial charge in [0, 0.05) is 24.5 Å². The van der Waals surface area contributed by atoms with Crippen molar-refractivity contribution in [2.45, 2.75) is 19.4 Å². The molecule has 23 heavy (non-hydrogen) atoms. The minimum absolute atomic E-state index is 0.0511. The number of amides is 1. The summed E-state index contributed by atoms with van der Waals surface area (Å²) in [5.74, 6) is 0.628. The molecule has 0 bridgehead atoms. The van der Waals surface area contributed by atoms with Crippen LogP contribution >= 0.6 is 0 Å². The van der Waals surface area contributed by atoms with E-state index in [1.165, 1.54) is 0 Å². The van der Waals surface area contributed by atoms with Crippen LogP contribution in [0.5, 0.6) is 0 Å². The molecule has 0 unspecified atom stereocenters. The highest BCUT2D eigenvalue weighted by atomic mass is 16.3. The van der Waals surface area contributed by atoms with Crippen molar-refractivity contribution in [3.05, 3.63) is 59.7 Å². The van der Waals surface area contributed by atoms with E-state index in [0.29, 0.717) is 18.0 Å². The van der Waals surface area contributed by atoms with Crippen molar-refractivity contribution >= 4 is 5.91 Å². The van der Waals surface area contributed by atoms with Crippen LogP contribution in [0.2, 0.25) is 0 Å². The van der Waals surface area contributed by atoms with Crippen LogP contribution in [0.15, 0.2) is 47.3 Å². The van der Waals surface area contributed by atoms with E-state index >= 15 is 0 Å². The van der Waals surface area contributed by atoms with E-state index in [1.807, 2.05) is 29.2 Å². The van der Waals surface area contributed by atoms with Gasteiger partial charge in [0.1, 0.15) is 5.69 Å². The summed E-state index contributed by atoms with van der Waals surface area (Å²) >= 11 is 0. The lowest BCUT2D eigenvalue weighted by atomic mass is 9.99. The lowest BCUT2D eigenvalue weighted by Crippen LogP contribution is -2.30. The molecule has 6 nitrogen and oxygen atoms in total. The molecule has 0 radical (unpaired) electrons. The highest BCUT2D eigenvalue weighted by molar-refractivity contribution is 5.99. The average molecular weight is 308 g/mol. The predicted molar refractivity (Wildman–Crippen MR) is 83.7 cm³/mol. The SMILES string of the molecule is CCCN1C(=O)c2n[nH]c(-c3ccco3)c2[C@H]1c1cccnc1. The van der Waals surface area contributed by atoms with Gasteiger partial charge in [-0.2, -0.15) is 5.10 Å². The first kappa shape index (κ1) is 13.8. The van der Waals surface area contributed by atoms with E-state index in [0.717, 1.165) is 23.2 Å². The van der Waals surface area contributed by atoms with Gasteiger partial charge in [-0.05, 0) is 30.2 Å². The molecule has 1 aliphatic heterocycles. The topological polar surface area (TPSA) is 75.0 Å². The molecule has 0 saturated carbocycles. The molecule has 3 aromatic rings. The van der Waals surface area contributed by atoms with E-state index in [1.54, 1.807) is 18.7 Å². The van der Waals surface area contributed by atoms with E-state index in [2.05, 4.69) is 22.1 Å². The summed E-state index contributed by atoms with van der Waals surface area (Å²) in [4.78, 5) is 18.8. The molecule has 0 aliphatic carbocycles. The van der Waals surface area contributed by atoms with Gasteiger partial charge in [-0.25, -0.2) is 0 Å². The summed E-state index contributed by atoms with van der Waals surface area (Å²) < 4.78 is 5.50. The Bertz CT molecular complexity index is 824. The van der Waals surface area contributed by atoms with Crippen LogP contribution in [-0.4, -0.2) is 32.5 Å². The zero-order valence-electron chi connectivity index (χ0n) is 12.7. The second-order valence-electron chi connectivity index (χ2n) is 5.53. The van der Waals surface area contributed by atoms with Gasteiger partial charge in [0.15, 0.2) is 11.5 Å². The summed E-state index contributed by atoms with van der Waals surface area (Å²) in [6.45, 7) is 2.73. The van der Waals surface area contributed by atoms with Crippen molar-refractivity contribution in [2.24, 2.45) is 0 Å². The van der Waals surface area contributed by atoms with Crippen LogP contribution in [0.25, 0.3) is 11.5 Å². The summed E-state index contributed by atoms with van der Waals surface area (Å²) in [6, 6.07) is 7.37. The molecule has 0 spiro atoms. The van der Waals surface area contributed by atoms with Crippen LogP contribution < -0.4 is 0 Å². The number of hydrogen-bond acceptors (Lipinski definition) is 4. The molecular weight excluding hydrogens is 292 g/mol. The number of carbonyl (C=O) groups excluding carboxylic acids is 1. The van der Waals surface area contributed by atoms with Gasteiger partial charge < -0.3 is 9.32 Å². The molecule has 1 amide bonds. The Balaban J connectivity index is 1.90. The molecule has 0 saturated heterocycles. The quantitative estimate of drug-likeness (QED) is 0.804. The first-order valence-corrected chi connectivity index (χ1v) is 7.64. The number of furan rings is 1. The van der Waals surface area contributed by atoms with E-state index in [9.17, 15) is 4.79 Å². The third-order valence-corrected chi connectivity index (χ3v) is 4.08. The zero-order chi connectivity index (χ0) is 15.8. The highest BCUT2D eigenvalue weighted by Crippen LogP contribution is 2.42. The number of carbonyl (C=O) groups is 1. The molecule has 3 aromatic heterocycles. The average Bonchev–Trinajstić information content (AvgIpc) is 3.28. The predicted octanol–water partition coefficient (Wildman–Crippen LogP) is 3.02. The molecule has 1 atom stereocenters.